The topological polar surface area (TPSA) is 20.3 Å². The van der Waals surface area contributed by atoms with Gasteiger partial charge in [0.1, 0.15) is 0 Å². The Morgan fingerprint density at radius 3 is 2.48 bits per heavy atom. The number of hydrogen-bond donors (Lipinski definition) is 0. The molecule has 0 aromatic rings. The van der Waals surface area contributed by atoms with E-state index in [-0.39, 0.29) is 5.41 Å². The van der Waals surface area contributed by atoms with Gasteiger partial charge in [-0.3, -0.25) is 4.79 Å². The Morgan fingerprint density at radius 2 is 1.80 bits per heavy atom. The molecule has 4 rings (SSSR count). The molecule has 0 aromatic carbocycles. The second-order valence-electron chi connectivity index (χ2n) is 9.91. The van der Waals surface area contributed by atoms with Gasteiger partial charge in [0.15, 0.2) is 5.78 Å². The van der Waals surface area contributed by atoms with Gasteiger partial charge in [0.05, 0.1) is 0 Å². The number of Topliss-reactive ketones (excluding diaryl/α,β-unsaturated/α-hetero) is 1. The fraction of sp³-hybridized carbons (Fsp3) is 0.783. The first-order valence-electron chi connectivity index (χ1n) is 10.4. The molecule has 6 atom stereocenters. The molecule has 0 amide bonds. The van der Waals surface area contributed by atoms with Gasteiger partial charge in [-0.2, -0.15) is 0 Å². The molecule has 138 valence electrons. The van der Waals surface area contributed by atoms with Crippen molar-refractivity contribution in [3.63, 3.8) is 0 Å². The highest BCUT2D eigenvalue weighted by Crippen LogP contribution is 2.65. The van der Waals surface area contributed by atoms with Crippen LogP contribution in [0.15, 0.2) is 23.3 Å². The molecule has 4 aliphatic carbocycles. The second-order valence-corrected chi connectivity index (χ2v) is 9.91. The van der Waals surface area contributed by atoms with Crippen LogP contribution < -0.4 is 0 Å². The molecule has 3 fully saturated rings. The molecule has 3 saturated carbocycles. The van der Waals surface area contributed by atoms with Gasteiger partial charge in [0.2, 0.25) is 0 Å². The van der Waals surface area contributed by atoms with E-state index in [2.05, 4.69) is 51.9 Å². The van der Waals surface area contributed by atoms with Crippen molar-refractivity contribution in [3.8, 4) is 0 Å². The van der Waals surface area contributed by atoms with Crippen LogP contribution in [0.4, 0.5) is 0 Å². The highest BCUT2D eigenvalue weighted by molar-refractivity contribution is 5.99. The smallest absolute Gasteiger partial charge is 0.159 e. The molecular weight excluding hydrogens is 306 g/mol. The van der Waals surface area contributed by atoms with Crippen molar-refractivity contribution in [2.45, 2.75) is 71.8 Å². The van der Waals surface area contributed by atoms with Crippen LogP contribution >= 0.6 is 0 Å². The lowest BCUT2D eigenvalue weighted by molar-refractivity contribution is -0.115. The third-order valence-corrected chi connectivity index (χ3v) is 8.81. The fourth-order valence-electron chi connectivity index (χ4n) is 7.23. The van der Waals surface area contributed by atoms with Gasteiger partial charge in [-0.15, -0.1) is 0 Å². The molecule has 0 unspecified atom stereocenters. The van der Waals surface area contributed by atoms with Crippen molar-refractivity contribution in [2.24, 2.45) is 28.6 Å². The Balaban J connectivity index is 1.66. The maximum Gasteiger partial charge on any atom is 0.159 e. The number of carbonyl (C=O) groups is 1. The predicted molar refractivity (Wildman–Crippen MR) is 103 cm³/mol. The van der Waals surface area contributed by atoms with Crippen molar-refractivity contribution < 1.29 is 4.79 Å². The third kappa shape index (κ3) is 2.36. The van der Waals surface area contributed by atoms with Crippen LogP contribution in [-0.4, -0.2) is 30.8 Å². The summed E-state index contributed by atoms with van der Waals surface area (Å²) in [6.45, 7) is 7.01. The first-order chi connectivity index (χ1) is 11.8. The zero-order valence-electron chi connectivity index (χ0n) is 16.8. The van der Waals surface area contributed by atoms with Crippen molar-refractivity contribution in [3.05, 3.63) is 23.3 Å². The molecule has 4 aliphatic rings. The van der Waals surface area contributed by atoms with Crippen LogP contribution in [0.5, 0.6) is 0 Å². The summed E-state index contributed by atoms with van der Waals surface area (Å²) in [6, 6.07) is 0.715. The molecule has 0 heterocycles. The van der Waals surface area contributed by atoms with E-state index in [9.17, 15) is 4.79 Å². The van der Waals surface area contributed by atoms with E-state index in [0.717, 1.165) is 17.9 Å². The highest BCUT2D eigenvalue weighted by Gasteiger charge is 2.59. The van der Waals surface area contributed by atoms with Gasteiger partial charge >= 0.3 is 0 Å². The largest absolute Gasteiger partial charge is 0.306 e. The lowest BCUT2D eigenvalue weighted by Crippen LogP contribution is -2.50. The van der Waals surface area contributed by atoms with Crippen LogP contribution in [0.25, 0.3) is 0 Å². The quantitative estimate of drug-likeness (QED) is 0.494. The minimum Gasteiger partial charge on any atom is -0.306 e. The van der Waals surface area contributed by atoms with Gasteiger partial charge in [0.25, 0.3) is 0 Å². The maximum absolute atomic E-state index is 12.6. The maximum atomic E-state index is 12.6. The second kappa shape index (κ2) is 5.81. The Labute approximate surface area is 153 Å². The first-order valence-corrected chi connectivity index (χ1v) is 10.4. The van der Waals surface area contributed by atoms with Gasteiger partial charge in [-0.25, -0.2) is 0 Å². The number of hydrogen-bond acceptors (Lipinski definition) is 2. The van der Waals surface area contributed by atoms with Gasteiger partial charge in [0, 0.05) is 12.5 Å². The average molecular weight is 342 g/mol. The molecule has 2 heteroatoms. The van der Waals surface area contributed by atoms with Gasteiger partial charge in [-0.1, -0.05) is 31.6 Å². The molecule has 2 nitrogen and oxygen atoms in total. The number of rotatable bonds is 1. The van der Waals surface area contributed by atoms with Crippen LogP contribution in [-0.2, 0) is 4.79 Å². The molecule has 0 aliphatic heterocycles. The van der Waals surface area contributed by atoms with E-state index in [1.54, 1.807) is 5.57 Å². The summed E-state index contributed by atoms with van der Waals surface area (Å²) in [5.41, 5.74) is 3.42. The van der Waals surface area contributed by atoms with Crippen LogP contribution in [0.2, 0.25) is 0 Å². The fourth-order valence-corrected chi connectivity index (χ4v) is 7.23. The highest BCUT2D eigenvalue weighted by atomic mass is 16.1. The molecule has 0 aromatic heterocycles. The number of nitrogens with zero attached hydrogens (tertiary/aromatic N) is 1. The average Bonchev–Trinajstić information content (AvgIpc) is 2.83. The van der Waals surface area contributed by atoms with Crippen LogP contribution in [0.3, 0.4) is 0 Å². The lowest BCUT2D eigenvalue weighted by Gasteiger charge is -2.57. The summed E-state index contributed by atoms with van der Waals surface area (Å²) < 4.78 is 0. The van der Waals surface area contributed by atoms with Crippen molar-refractivity contribution in [2.75, 3.05) is 14.1 Å². The molecular formula is C23H35NO. The number of fused-ring (bicyclic) bond motifs is 5. The minimum absolute atomic E-state index is 0.148. The summed E-state index contributed by atoms with van der Waals surface area (Å²) >= 11 is 0. The molecule has 0 radical (unpaired) electrons. The SMILES string of the molecule is CC=C1C(=O)C[C@@H]2[C@H]3CC=C4C[C@@H](N(C)C)CC[C@]4(C)[C@H]3CC[C@]12C. The Morgan fingerprint density at radius 1 is 1.08 bits per heavy atom. The summed E-state index contributed by atoms with van der Waals surface area (Å²) in [4.78, 5) is 15.1. The predicted octanol–water partition coefficient (Wildman–Crippen LogP) is 5.00. The Hall–Kier alpha value is -0.890. The Kier molecular flexibility index (Phi) is 4.07. The van der Waals surface area contributed by atoms with E-state index in [4.69, 9.17) is 0 Å². The summed E-state index contributed by atoms with van der Waals surface area (Å²) in [5, 5.41) is 0. The summed E-state index contributed by atoms with van der Waals surface area (Å²) in [5.74, 6) is 2.51. The molecule has 0 N–H and O–H groups in total. The third-order valence-electron chi connectivity index (χ3n) is 8.81. The van der Waals surface area contributed by atoms with E-state index >= 15 is 0 Å². The molecule has 0 spiro atoms. The molecule has 0 saturated heterocycles. The molecule has 25 heavy (non-hydrogen) atoms. The van der Waals surface area contributed by atoms with Crippen molar-refractivity contribution in [1.29, 1.82) is 0 Å². The lowest BCUT2D eigenvalue weighted by atomic mass is 9.47. The summed E-state index contributed by atoms with van der Waals surface area (Å²) in [6.07, 6.45) is 13.2. The van der Waals surface area contributed by atoms with E-state index in [1.165, 1.54) is 38.5 Å². The molecule has 0 bridgehead atoms. The zero-order chi connectivity index (χ0) is 18.0. The van der Waals surface area contributed by atoms with Crippen molar-refractivity contribution >= 4 is 5.78 Å². The standard InChI is InChI=1S/C23H35NO/c1-6-18-21(25)14-20-17-8-7-15-13-16(24(4)5)9-11-22(15,2)19(17)10-12-23(18,20)3/h6-7,16-17,19-20H,8-14H2,1-5H3/t16-,17-,19-,20+,22-,23+/m0/s1. The Bertz CT molecular complexity index is 644. The van der Waals surface area contributed by atoms with Crippen molar-refractivity contribution in [1.82, 2.24) is 4.90 Å². The van der Waals surface area contributed by atoms with Crippen LogP contribution in [0, 0.1) is 28.6 Å². The van der Waals surface area contributed by atoms with E-state index in [1.807, 2.05) is 0 Å². The normalized spacial score (nSPS) is 48.2. The number of ketones is 1. The van der Waals surface area contributed by atoms with Crippen LogP contribution in [0.1, 0.15) is 65.7 Å². The number of carbonyl (C=O) groups excluding carboxylic acids is 1. The minimum atomic E-state index is 0.148. The zero-order valence-corrected chi connectivity index (χ0v) is 16.8. The van der Waals surface area contributed by atoms with E-state index < -0.39 is 0 Å². The number of allylic oxidation sites excluding steroid dienone is 3. The summed E-state index contributed by atoms with van der Waals surface area (Å²) in [7, 11) is 4.46. The van der Waals surface area contributed by atoms with Gasteiger partial charge < -0.3 is 4.90 Å². The first kappa shape index (κ1) is 17.5. The monoisotopic (exact) mass is 341 g/mol. The van der Waals surface area contributed by atoms with Gasteiger partial charge in [-0.05, 0) is 93.7 Å². The van der Waals surface area contributed by atoms with E-state index in [0.29, 0.717) is 29.1 Å².